The number of likely N-dealkylation sites (N-methyl/N-ethyl adjacent to an activating group) is 1. The van der Waals surface area contributed by atoms with Crippen LogP contribution in [0.15, 0.2) is 47.4 Å². The fourth-order valence-corrected chi connectivity index (χ4v) is 5.54. The van der Waals surface area contributed by atoms with Crippen LogP contribution in [-0.2, 0) is 34.2 Å². The number of halogens is 2. The molecule has 0 fully saturated rings. The molecule has 0 unspecified atom stereocenters. The Kier molecular flexibility index (Phi) is 5.11. The molecule has 2 heterocycles. The van der Waals surface area contributed by atoms with Crippen molar-refractivity contribution in [1.82, 2.24) is 8.87 Å². The number of rotatable bonds is 5. The molecule has 6 nitrogen and oxygen atoms in total. The third-order valence-electron chi connectivity index (χ3n) is 5.69. The predicted octanol–water partition coefficient (Wildman–Crippen LogP) is 3.18. The van der Waals surface area contributed by atoms with Gasteiger partial charge in [-0.15, -0.1) is 0 Å². The van der Waals surface area contributed by atoms with E-state index in [1.807, 2.05) is 4.57 Å². The summed E-state index contributed by atoms with van der Waals surface area (Å²) in [6.45, 7) is 0.314. The average Bonchev–Trinajstić information content (AvgIpc) is 2.99. The monoisotopic (exact) mass is 434 g/mol. The summed E-state index contributed by atoms with van der Waals surface area (Å²) in [5, 5.41) is 9.83. The first-order valence-electron chi connectivity index (χ1n) is 9.43. The second-order valence-corrected chi connectivity index (χ2v) is 9.43. The predicted molar refractivity (Wildman–Crippen MR) is 107 cm³/mol. The molecule has 2 aromatic carbocycles. The maximum absolute atomic E-state index is 13.8. The lowest BCUT2D eigenvalue weighted by atomic mass is 10.0. The third kappa shape index (κ3) is 3.48. The highest BCUT2D eigenvalue weighted by Gasteiger charge is 2.33. The van der Waals surface area contributed by atoms with E-state index in [1.54, 1.807) is 6.07 Å². The van der Waals surface area contributed by atoms with Crippen LogP contribution >= 0.6 is 0 Å². The standard InChI is InChI=1S/C21H20F2N2O4S/c1-24(30(28,29)16-6-2-13(22)3-7-16)15-5-9-20-18(11-21(26)27)17-10-14(23)4-8-19(17)25(20)12-15/h2-4,6-8,10,15H,5,9,11-12H2,1H3,(H,26,27)/t15-/m1/s1. The number of sulfonamides is 1. The Morgan fingerprint density at radius 2 is 1.83 bits per heavy atom. The van der Waals surface area contributed by atoms with E-state index < -0.39 is 27.6 Å². The van der Waals surface area contributed by atoms with Gasteiger partial charge in [0.1, 0.15) is 11.6 Å². The number of aliphatic carboxylic acids is 1. The molecule has 1 aromatic heterocycles. The van der Waals surface area contributed by atoms with Gasteiger partial charge in [-0.2, -0.15) is 4.31 Å². The SMILES string of the molecule is CN([C@@H]1CCc2c(CC(=O)O)c3cc(F)ccc3n2C1)S(=O)(=O)c1ccc(F)cc1. The highest BCUT2D eigenvalue weighted by molar-refractivity contribution is 7.89. The molecule has 1 aliphatic heterocycles. The first-order chi connectivity index (χ1) is 14.2. The Morgan fingerprint density at radius 1 is 1.17 bits per heavy atom. The first kappa shape index (κ1) is 20.5. The molecule has 1 aliphatic rings. The topological polar surface area (TPSA) is 79.6 Å². The molecule has 0 bridgehead atoms. The minimum atomic E-state index is -3.83. The molecule has 4 rings (SSSR count). The van der Waals surface area contributed by atoms with Crippen molar-refractivity contribution >= 4 is 26.9 Å². The molecular weight excluding hydrogens is 414 g/mol. The van der Waals surface area contributed by atoms with E-state index >= 15 is 0 Å². The number of hydrogen-bond acceptors (Lipinski definition) is 3. The van der Waals surface area contributed by atoms with Crippen LogP contribution < -0.4 is 0 Å². The number of nitrogens with zero attached hydrogens (tertiary/aromatic N) is 2. The normalized spacial score (nSPS) is 16.7. The summed E-state index contributed by atoms with van der Waals surface area (Å²) in [5.41, 5.74) is 2.04. The minimum Gasteiger partial charge on any atom is -0.481 e. The summed E-state index contributed by atoms with van der Waals surface area (Å²) in [5.74, 6) is -1.98. The molecule has 0 radical (unpaired) electrons. The lowest BCUT2D eigenvalue weighted by Gasteiger charge is -2.32. The van der Waals surface area contributed by atoms with Gasteiger partial charge in [0.05, 0.1) is 11.3 Å². The Hall–Kier alpha value is -2.78. The zero-order valence-electron chi connectivity index (χ0n) is 16.2. The summed E-state index contributed by atoms with van der Waals surface area (Å²) in [4.78, 5) is 11.4. The summed E-state index contributed by atoms with van der Waals surface area (Å²) < 4.78 is 56.1. The van der Waals surface area contributed by atoms with Gasteiger partial charge in [-0.3, -0.25) is 4.79 Å². The molecule has 0 amide bonds. The van der Waals surface area contributed by atoms with E-state index in [0.29, 0.717) is 35.9 Å². The van der Waals surface area contributed by atoms with Gasteiger partial charge in [0, 0.05) is 36.2 Å². The van der Waals surface area contributed by atoms with Crippen LogP contribution in [0, 0.1) is 11.6 Å². The van der Waals surface area contributed by atoms with E-state index in [0.717, 1.165) is 17.8 Å². The summed E-state index contributed by atoms with van der Waals surface area (Å²) in [7, 11) is -2.35. The van der Waals surface area contributed by atoms with Gasteiger partial charge in [0.15, 0.2) is 0 Å². The van der Waals surface area contributed by atoms with Gasteiger partial charge >= 0.3 is 5.97 Å². The van der Waals surface area contributed by atoms with Crippen molar-refractivity contribution in [3.05, 3.63) is 65.4 Å². The number of aromatic nitrogens is 1. The molecule has 9 heteroatoms. The van der Waals surface area contributed by atoms with E-state index in [4.69, 9.17) is 0 Å². The van der Waals surface area contributed by atoms with Crippen molar-refractivity contribution in [2.45, 2.75) is 36.7 Å². The highest BCUT2D eigenvalue weighted by atomic mass is 32.2. The number of hydrogen-bond donors (Lipinski definition) is 1. The lowest BCUT2D eigenvalue weighted by molar-refractivity contribution is -0.136. The number of carboxylic acid groups (broad SMARTS) is 1. The Labute approximate surface area is 172 Å². The molecule has 158 valence electrons. The summed E-state index contributed by atoms with van der Waals surface area (Å²) >= 11 is 0. The number of benzene rings is 2. The lowest BCUT2D eigenvalue weighted by Crippen LogP contribution is -2.42. The van der Waals surface area contributed by atoms with Gasteiger partial charge in [-0.1, -0.05) is 0 Å². The third-order valence-corrected chi connectivity index (χ3v) is 7.61. The number of carbonyl (C=O) groups is 1. The fourth-order valence-electron chi connectivity index (χ4n) is 4.16. The van der Waals surface area contributed by atoms with Crippen molar-refractivity contribution in [2.24, 2.45) is 0 Å². The van der Waals surface area contributed by atoms with E-state index in [1.165, 1.54) is 35.6 Å². The maximum atomic E-state index is 13.8. The zero-order chi connectivity index (χ0) is 21.6. The van der Waals surface area contributed by atoms with Crippen molar-refractivity contribution in [1.29, 1.82) is 0 Å². The van der Waals surface area contributed by atoms with Crippen LogP contribution in [0.4, 0.5) is 8.78 Å². The van der Waals surface area contributed by atoms with E-state index in [-0.39, 0.29) is 17.4 Å². The maximum Gasteiger partial charge on any atom is 0.307 e. The van der Waals surface area contributed by atoms with Crippen LogP contribution in [0.5, 0.6) is 0 Å². The minimum absolute atomic E-state index is 0.00296. The van der Waals surface area contributed by atoms with E-state index in [9.17, 15) is 27.1 Å². The summed E-state index contributed by atoms with van der Waals surface area (Å²) in [6, 6.07) is 8.51. The average molecular weight is 434 g/mol. The van der Waals surface area contributed by atoms with Crippen LogP contribution in [0.1, 0.15) is 17.7 Å². The molecule has 0 aliphatic carbocycles. The van der Waals surface area contributed by atoms with Crippen molar-refractivity contribution in [3.8, 4) is 0 Å². The highest BCUT2D eigenvalue weighted by Crippen LogP contribution is 2.34. The van der Waals surface area contributed by atoms with Gasteiger partial charge in [-0.05, 0) is 60.9 Å². The molecule has 0 saturated carbocycles. The molecule has 0 spiro atoms. The van der Waals surface area contributed by atoms with Crippen LogP contribution in [0.2, 0.25) is 0 Å². The van der Waals surface area contributed by atoms with E-state index in [2.05, 4.69) is 0 Å². The largest absolute Gasteiger partial charge is 0.481 e. The molecule has 3 aromatic rings. The first-order valence-corrected chi connectivity index (χ1v) is 10.9. The molecular formula is C21H20F2N2O4S. The van der Waals surface area contributed by atoms with Crippen LogP contribution in [0.3, 0.4) is 0 Å². The molecule has 1 N–H and O–H groups in total. The second kappa shape index (κ2) is 7.48. The smallest absolute Gasteiger partial charge is 0.307 e. The molecule has 30 heavy (non-hydrogen) atoms. The molecule has 1 atom stereocenters. The Bertz CT molecular complexity index is 1240. The van der Waals surface area contributed by atoms with Crippen molar-refractivity contribution in [2.75, 3.05) is 7.05 Å². The van der Waals surface area contributed by atoms with Crippen LogP contribution in [0.25, 0.3) is 10.9 Å². The number of fused-ring (bicyclic) bond motifs is 3. The fraction of sp³-hybridized carbons (Fsp3) is 0.286. The van der Waals surface area contributed by atoms with Gasteiger partial charge in [0.2, 0.25) is 10.0 Å². The van der Waals surface area contributed by atoms with Crippen molar-refractivity contribution < 1.29 is 27.1 Å². The summed E-state index contributed by atoms with van der Waals surface area (Å²) in [6.07, 6.45) is 0.728. The Morgan fingerprint density at radius 3 is 2.50 bits per heavy atom. The quantitative estimate of drug-likeness (QED) is 0.669. The van der Waals surface area contributed by atoms with Gasteiger partial charge in [0.25, 0.3) is 0 Å². The van der Waals surface area contributed by atoms with Crippen LogP contribution in [-0.4, -0.2) is 41.5 Å². The molecule has 0 saturated heterocycles. The zero-order valence-corrected chi connectivity index (χ0v) is 17.0. The van der Waals surface area contributed by atoms with Gasteiger partial charge < -0.3 is 9.67 Å². The van der Waals surface area contributed by atoms with Gasteiger partial charge in [-0.25, -0.2) is 17.2 Å². The second-order valence-electron chi connectivity index (χ2n) is 7.44. The van der Waals surface area contributed by atoms with Crippen molar-refractivity contribution in [3.63, 3.8) is 0 Å². The number of carboxylic acids is 1. The Balaban J connectivity index is 1.72.